The number of oxazole rings is 1. The zero-order chi connectivity index (χ0) is 21.6. The lowest BCUT2D eigenvalue weighted by Gasteiger charge is -2.08. The molecule has 4 aromatic rings. The number of thiazole rings is 1. The topological polar surface area (TPSA) is 86.5 Å². The van der Waals surface area contributed by atoms with E-state index in [0.717, 1.165) is 16.8 Å². The van der Waals surface area contributed by atoms with Crippen molar-refractivity contribution in [2.24, 2.45) is 0 Å². The highest BCUT2D eigenvalue weighted by molar-refractivity contribution is 7.14. The van der Waals surface area contributed by atoms with E-state index >= 15 is 0 Å². The van der Waals surface area contributed by atoms with Crippen LogP contribution in [0, 0.1) is 0 Å². The van der Waals surface area contributed by atoms with E-state index in [0.29, 0.717) is 34.7 Å². The number of methoxy groups -OCH3 is 2. The quantitative estimate of drug-likeness (QED) is 0.417. The van der Waals surface area contributed by atoms with E-state index in [2.05, 4.69) is 15.3 Å². The number of carbonyl (C=O) groups excluding carboxylic acids is 1. The molecule has 158 valence electrons. The normalized spacial score (nSPS) is 10.6. The number of carbonyl (C=O) groups is 1. The van der Waals surface area contributed by atoms with E-state index < -0.39 is 0 Å². The molecule has 8 heteroatoms. The molecule has 7 nitrogen and oxygen atoms in total. The first-order valence-corrected chi connectivity index (χ1v) is 10.5. The number of rotatable bonds is 8. The number of aromatic nitrogens is 2. The molecule has 2 aromatic heterocycles. The van der Waals surface area contributed by atoms with Gasteiger partial charge < -0.3 is 19.2 Å². The molecule has 0 bridgehead atoms. The largest absolute Gasteiger partial charge is 0.497 e. The monoisotopic (exact) mass is 435 g/mol. The van der Waals surface area contributed by atoms with Crippen LogP contribution in [0.4, 0.5) is 5.13 Å². The van der Waals surface area contributed by atoms with Crippen molar-refractivity contribution >= 4 is 22.4 Å². The van der Waals surface area contributed by atoms with Gasteiger partial charge in [-0.05, 0) is 12.1 Å². The summed E-state index contributed by atoms with van der Waals surface area (Å²) in [4.78, 5) is 21.1. The molecule has 31 heavy (non-hydrogen) atoms. The average Bonchev–Trinajstić information content (AvgIpc) is 3.47. The van der Waals surface area contributed by atoms with Gasteiger partial charge in [0.25, 0.3) is 0 Å². The summed E-state index contributed by atoms with van der Waals surface area (Å²) in [6, 6.07) is 15.3. The number of hydrogen-bond donors (Lipinski definition) is 1. The van der Waals surface area contributed by atoms with Crippen molar-refractivity contribution in [3.8, 4) is 34.1 Å². The Labute approximate surface area is 183 Å². The lowest BCUT2D eigenvalue weighted by molar-refractivity contribution is -0.116. The number of anilines is 1. The minimum Gasteiger partial charge on any atom is -0.497 e. The number of hydrogen-bond acceptors (Lipinski definition) is 7. The summed E-state index contributed by atoms with van der Waals surface area (Å²) < 4.78 is 16.4. The molecule has 0 radical (unpaired) electrons. The molecule has 0 fully saturated rings. The molecular weight excluding hydrogens is 414 g/mol. The molecule has 0 spiro atoms. The van der Waals surface area contributed by atoms with Gasteiger partial charge in [0.1, 0.15) is 11.5 Å². The van der Waals surface area contributed by atoms with Gasteiger partial charge >= 0.3 is 0 Å². The van der Waals surface area contributed by atoms with Crippen LogP contribution in [-0.2, 0) is 11.2 Å². The van der Waals surface area contributed by atoms with Gasteiger partial charge in [-0.1, -0.05) is 30.3 Å². The second kappa shape index (κ2) is 9.44. The second-order valence-electron chi connectivity index (χ2n) is 6.64. The molecule has 0 aliphatic heterocycles. The molecule has 1 amide bonds. The summed E-state index contributed by atoms with van der Waals surface area (Å²) in [5, 5.41) is 5.23. The van der Waals surface area contributed by atoms with Crippen LogP contribution in [0.15, 0.2) is 64.5 Å². The summed E-state index contributed by atoms with van der Waals surface area (Å²) in [5.41, 5.74) is 2.50. The summed E-state index contributed by atoms with van der Waals surface area (Å²) in [5.74, 6) is 2.42. The number of benzene rings is 2. The number of amides is 1. The van der Waals surface area contributed by atoms with Crippen molar-refractivity contribution in [2.45, 2.75) is 12.8 Å². The lowest BCUT2D eigenvalue weighted by atomic mass is 10.1. The van der Waals surface area contributed by atoms with Crippen molar-refractivity contribution in [3.63, 3.8) is 0 Å². The van der Waals surface area contributed by atoms with E-state index in [-0.39, 0.29) is 12.3 Å². The first kappa shape index (κ1) is 20.6. The Bertz CT molecular complexity index is 1170. The van der Waals surface area contributed by atoms with Crippen LogP contribution in [0.3, 0.4) is 0 Å². The molecule has 1 N–H and O–H groups in total. The van der Waals surface area contributed by atoms with Crippen molar-refractivity contribution in [2.75, 3.05) is 19.5 Å². The summed E-state index contributed by atoms with van der Waals surface area (Å²) in [7, 11) is 3.20. The Morgan fingerprint density at radius 3 is 2.74 bits per heavy atom. The van der Waals surface area contributed by atoms with Crippen LogP contribution >= 0.6 is 11.3 Å². The summed E-state index contributed by atoms with van der Waals surface area (Å²) in [6.07, 6.45) is 2.33. The van der Waals surface area contributed by atoms with E-state index in [9.17, 15) is 4.79 Å². The zero-order valence-corrected chi connectivity index (χ0v) is 17.9. The summed E-state index contributed by atoms with van der Waals surface area (Å²) >= 11 is 1.36. The van der Waals surface area contributed by atoms with Crippen LogP contribution in [-0.4, -0.2) is 30.1 Å². The first-order valence-electron chi connectivity index (χ1n) is 9.64. The molecule has 2 heterocycles. The summed E-state index contributed by atoms with van der Waals surface area (Å²) in [6.45, 7) is 0. The van der Waals surface area contributed by atoms with Crippen molar-refractivity contribution in [1.29, 1.82) is 0 Å². The third-order valence-corrected chi connectivity index (χ3v) is 5.37. The molecular formula is C23H21N3O4S. The van der Waals surface area contributed by atoms with E-state index in [1.54, 1.807) is 26.5 Å². The van der Waals surface area contributed by atoms with Crippen molar-refractivity contribution in [1.82, 2.24) is 9.97 Å². The van der Waals surface area contributed by atoms with Gasteiger partial charge in [0.05, 0.1) is 26.1 Å². The van der Waals surface area contributed by atoms with Crippen LogP contribution in [0.2, 0.25) is 0 Å². The molecule has 0 aliphatic rings. The number of ether oxygens (including phenoxy) is 2. The molecule has 0 saturated heterocycles. The highest BCUT2D eigenvalue weighted by atomic mass is 32.1. The van der Waals surface area contributed by atoms with Gasteiger partial charge in [0.2, 0.25) is 5.91 Å². The molecule has 0 unspecified atom stereocenters. The highest BCUT2D eigenvalue weighted by Crippen LogP contribution is 2.34. The van der Waals surface area contributed by atoms with Gasteiger partial charge in [-0.2, -0.15) is 0 Å². The van der Waals surface area contributed by atoms with Crippen LogP contribution in [0.1, 0.15) is 12.3 Å². The Kier molecular flexibility index (Phi) is 6.28. The van der Waals surface area contributed by atoms with Crippen LogP contribution in [0.25, 0.3) is 22.6 Å². The predicted octanol–water partition coefficient (Wildman–Crippen LogP) is 5.05. The maximum absolute atomic E-state index is 12.4. The standard InChI is InChI=1S/C23H21N3O4S/c1-28-16-8-9-17(19(12-16)29-2)18-14-31-23(25-18)26-21(27)10-11-22-24-13-20(30-22)15-6-4-3-5-7-15/h3-9,12-14H,10-11H2,1-2H3,(H,25,26,27). The van der Waals surface area contributed by atoms with Crippen LogP contribution < -0.4 is 14.8 Å². The third-order valence-electron chi connectivity index (χ3n) is 4.61. The SMILES string of the molecule is COc1ccc(-c2csc(NC(=O)CCc3ncc(-c4ccccc4)o3)n2)c(OC)c1. The third kappa shape index (κ3) is 4.92. The zero-order valence-electron chi connectivity index (χ0n) is 17.1. The van der Waals surface area contributed by atoms with Gasteiger partial charge in [-0.15, -0.1) is 11.3 Å². The number of aryl methyl sites for hydroxylation is 1. The first-order chi connectivity index (χ1) is 15.2. The van der Waals surface area contributed by atoms with E-state index in [4.69, 9.17) is 13.9 Å². The van der Waals surface area contributed by atoms with Gasteiger partial charge in [-0.25, -0.2) is 9.97 Å². The van der Waals surface area contributed by atoms with Crippen molar-refractivity contribution < 1.29 is 18.7 Å². The minimum absolute atomic E-state index is 0.151. The fourth-order valence-corrected chi connectivity index (χ4v) is 3.76. The maximum atomic E-state index is 12.4. The predicted molar refractivity (Wildman–Crippen MR) is 120 cm³/mol. The highest BCUT2D eigenvalue weighted by Gasteiger charge is 2.14. The van der Waals surface area contributed by atoms with Crippen molar-refractivity contribution in [3.05, 3.63) is 66.0 Å². The number of nitrogens with one attached hydrogen (secondary N) is 1. The maximum Gasteiger partial charge on any atom is 0.226 e. The average molecular weight is 436 g/mol. The number of nitrogens with zero attached hydrogens (tertiary/aromatic N) is 2. The fourth-order valence-electron chi connectivity index (χ4n) is 3.03. The van der Waals surface area contributed by atoms with Gasteiger partial charge in [0.15, 0.2) is 16.8 Å². The molecule has 0 atom stereocenters. The molecule has 4 rings (SSSR count). The van der Waals surface area contributed by atoms with E-state index in [1.807, 2.05) is 47.8 Å². The molecule has 2 aromatic carbocycles. The van der Waals surface area contributed by atoms with Crippen LogP contribution in [0.5, 0.6) is 11.5 Å². The molecule has 0 aliphatic carbocycles. The lowest BCUT2D eigenvalue weighted by Crippen LogP contribution is -2.12. The minimum atomic E-state index is -0.151. The fraction of sp³-hybridized carbons (Fsp3) is 0.174. The smallest absolute Gasteiger partial charge is 0.226 e. The Hall–Kier alpha value is -3.65. The Morgan fingerprint density at radius 2 is 1.97 bits per heavy atom. The van der Waals surface area contributed by atoms with E-state index in [1.165, 1.54) is 11.3 Å². The second-order valence-corrected chi connectivity index (χ2v) is 7.49. The molecule has 0 saturated carbocycles. The Morgan fingerprint density at radius 1 is 1.13 bits per heavy atom. The van der Waals surface area contributed by atoms with Gasteiger partial charge in [-0.3, -0.25) is 4.79 Å². The van der Waals surface area contributed by atoms with Gasteiger partial charge in [0, 0.05) is 35.4 Å². The Balaban J connectivity index is 1.36.